The van der Waals surface area contributed by atoms with Gasteiger partial charge in [-0.2, -0.15) is 13.2 Å². The lowest BCUT2D eigenvalue weighted by Crippen LogP contribution is -2.48. The SMILES string of the molecule is Cc1cccc(N(C(=O)[C@H]2CS(=O)CN2c2cc(C(F)(F)F)cc(C)n2)C2CC2)c1. The number of pyridine rings is 1. The number of hydrogen-bond acceptors (Lipinski definition) is 4. The summed E-state index contributed by atoms with van der Waals surface area (Å²) >= 11 is 0. The lowest BCUT2D eigenvalue weighted by atomic mass is 10.1. The average Bonchev–Trinajstić information content (AvgIpc) is 3.41. The van der Waals surface area contributed by atoms with Crippen LogP contribution >= 0.6 is 0 Å². The maximum atomic E-state index is 13.5. The zero-order valence-corrected chi connectivity index (χ0v) is 17.5. The Morgan fingerprint density at radius 2 is 1.93 bits per heavy atom. The molecule has 1 aromatic heterocycles. The third kappa shape index (κ3) is 4.21. The quantitative estimate of drug-likeness (QED) is 0.730. The molecule has 9 heteroatoms. The molecule has 1 unspecified atom stereocenters. The molecule has 1 aliphatic heterocycles. The fraction of sp³-hybridized carbons (Fsp3) is 0.429. The number of rotatable bonds is 4. The molecular formula is C21H22F3N3O2S. The highest BCUT2D eigenvalue weighted by molar-refractivity contribution is 7.85. The van der Waals surface area contributed by atoms with Gasteiger partial charge in [0.05, 0.1) is 17.2 Å². The topological polar surface area (TPSA) is 53.5 Å². The number of anilines is 2. The minimum Gasteiger partial charge on any atom is -0.332 e. The van der Waals surface area contributed by atoms with Crippen molar-refractivity contribution in [1.29, 1.82) is 0 Å². The van der Waals surface area contributed by atoms with Crippen LogP contribution in [-0.2, 0) is 21.8 Å². The van der Waals surface area contributed by atoms with Gasteiger partial charge in [-0.1, -0.05) is 12.1 Å². The summed E-state index contributed by atoms with van der Waals surface area (Å²) in [5.74, 6) is -0.154. The molecule has 0 radical (unpaired) electrons. The molecule has 4 rings (SSSR count). The molecule has 2 aliphatic rings. The standard InChI is InChI=1S/C21H22F3N3O2S/c1-13-4-3-5-17(8-13)27(16-6-7-16)20(28)18-11-30(29)12-26(18)19-10-15(21(22,23)24)9-14(2)25-19/h3-5,8-10,16,18H,6-7,11-12H2,1-2H3/t18-,30?/m1/s1. The monoisotopic (exact) mass is 437 g/mol. The van der Waals surface area contributed by atoms with Gasteiger partial charge in [0.1, 0.15) is 11.9 Å². The van der Waals surface area contributed by atoms with Gasteiger partial charge in [-0.25, -0.2) is 4.98 Å². The predicted molar refractivity (Wildman–Crippen MR) is 110 cm³/mol. The molecule has 1 saturated carbocycles. The second kappa shape index (κ2) is 7.68. The number of halogens is 3. The number of carbonyl (C=O) groups is 1. The molecule has 0 bridgehead atoms. The largest absolute Gasteiger partial charge is 0.416 e. The number of aromatic nitrogens is 1. The molecule has 2 aromatic rings. The normalized spacial score (nSPS) is 21.7. The number of aryl methyl sites for hydroxylation is 2. The van der Waals surface area contributed by atoms with Gasteiger partial charge in [-0.3, -0.25) is 9.00 Å². The first kappa shape index (κ1) is 20.8. The zero-order valence-electron chi connectivity index (χ0n) is 16.6. The van der Waals surface area contributed by atoms with Crippen molar-refractivity contribution in [2.75, 3.05) is 21.4 Å². The highest BCUT2D eigenvalue weighted by Gasteiger charge is 2.44. The molecule has 1 saturated heterocycles. The Balaban J connectivity index is 1.70. The number of alkyl halides is 3. The Morgan fingerprint density at radius 1 is 1.20 bits per heavy atom. The summed E-state index contributed by atoms with van der Waals surface area (Å²) < 4.78 is 52.2. The van der Waals surface area contributed by atoms with Gasteiger partial charge in [0.15, 0.2) is 0 Å². The smallest absolute Gasteiger partial charge is 0.332 e. The highest BCUT2D eigenvalue weighted by atomic mass is 32.2. The van der Waals surface area contributed by atoms with E-state index in [1.165, 1.54) is 11.8 Å². The van der Waals surface area contributed by atoms with E-state index in [2.05, 4.69) is 4.98 Å². The van der Waals surface area contributed by atoms with Crippen LogP contribution in [0.5, 0.6) is 0 Å². The fourth-order valence-electron chi connectivity index (χ4n) is 3.75. The summed E-state index contributed by atoms with van der Waals surface area (Å²) in [4.78, 5) is 20.9. The van der Waals surface area contributed by atoms with Crippen molar-refractivity contribution in [2.24, 2.45) is 0 Å². The van der Waals surface area contributed by atoms with Gasteiger partial charge in [0.25, 0.3) is 5.91 Å². The van der Waals surface area contributed by atoms with Crippen LogP contribution < -0.4 is 9.80 Å². The van der Waals surface area contributed by atoms with Crippen LogP contribution in [0, 0.1) is 13.8 Å². The Labute approximate surface area is 175 Å². The van der Waals surface area contributed by atoms with E-state index in [0.717, 1.165) is 36.2 Å². The first-order chi connectivity index (χ1) is 14.1. The molecule has 160 valence electrons. The maximum Gasteiger partial charge on any atom is 0.416 e. The second-order valence-electron chi connectivity index (χ2n) is 7.85. The van der Waals surface area contributed by atoms with Gasteiger partial charge < -0.3 is 9.80 Å². The molecule has 1 aliphatic carbocycles. The molecule has 2 atom stereocenters. The Kier molecular flexibility index (Phi) is 5.34. The van der Waals surface area contributed by atoms with Crippen LogP contribution in [0.1, 0.15) is 29.7 Å². The van der Waals surface area contributed by atoms with Gasteiger partial charge in [-0.15, -0.1) is 0 Å². The summed E-state index contributed by atoms with van der Waals surface area (Å²) in [5, 5.41) is 0. The highest BCUT2D eigenvalue weighted by Crippen LogP contribution is 2.36. The molecule has 2 heterocycles. The lowest BCUT2D eigenvalue weighted by Gasteiger charge is -2.31. The van der Waals surface area contributed by atoms with Crippen molar-refractivity contribution >= 4 is 28.2 Å². The van der Waals surface area contributed by atoms with Gasteiger partial charge in [-0.05, 0) is 56.5 Å². The minimum absolute atomic E-state index is 0.0174. The van der Waals surface area contributed by atoms with Crippen molar-refractivity contribution < 1.29 is 22.2 Å². The van der Waals surface area contributed by atoms with E-state index >= 15 is 0 Å². The first-order valence-electron chi connectivity index (χ1n) is 9.71. The molecule has 5 nitrogen and oxygen atoms in total. The molecule has 30 heavy (non-hydrogen) atoms. The molecule has 1 aromatic carbocycles. The van der Waals surface area contributed by atoms with Crippen LogP contribution in [0.4, 0.5) is 24.7 Å². The molecule has 2 fully saturated rings. The second-order valence-corrected chi connectivity index (χ2v) is 9.32. The van der Waals surface area contributed by atoms with Crippen molar-refractivity contribution in [2.45, 2.75) is 44.9 Å². The first-order valence-corrected chi connectivity index (χ1v) is 11.2. The van der Waals surface area contributed by atoms with Crippen molar-refractivity contribution in [3.63, 3.8) is 0 Å². The van der Waals surface area contributed by atoms with E-state index in [0.29, 0.717) is 0 Å². The van der Waals surface area contributed by atoms with Gasteiger partial charge in [0, 0.05) is 28.2 Å². The van der Waals surface area contributed by atoms with Crippen LogP contribution in [0.3, 0.4) is 0 Å². The Bertz CT molecular complexity index is 1010. The molecule has 1 amide bonds. The Morgan fingerprint density at radius 3 is 2.57 bits per heavy atom. The number of amides is 1. The third-order valence-corrected chi connectivity index (χ3v) is 6.53. The van der Waals surface area contributed by atoms with E-state index in [9.17, 15) is 22.2 Å². The van der Waals surface area contributed by atoms with Crippen LogP contribution in [0.15, 0.2) is 36.4 Å². The van der Waals surface area contributed by atoms with E-state index in [1.54, 1.807) is 4.90 Å². The number of hydrogen-bond donors (Lipinski definition) is 0. The lowest BCUT2D eigenvalue weighted by molar-refractivity contribution is -0.137. The maximum absolute atomic E-state index is 13.5. The van der Waals surface area contributed by atoms with Crippen molar-refractivity contribution in [3.8, 4) is 0 Å². The number of nitrogens with zero attached hydrogens (tertiary/aromatic N) is 3. The van der Waals surface area contributed by atoms with Crippen molar-refractivity contribution in [1.82, 2.24) is 4.98 Å². The summed E-state index contributed by atoms with van der Waals surface area (Å²) in [6.07, 6.45) is -2.78. The summed E-state index contributed by atoms with van der Waals surface area (Å²) in [5.41, 5.74) is 1.13. The van der Waals surface area contributed by atoms with Crippen molar-refractivity contribution in [3.05, 3.63) is 53.2 Å². The van der Waals surface area contributed by atoms with Crippen LogP contribution in [0.25, 0.3) is 0 Å². The summed E-state index contributed by atoms with van der Waals surface area (Å²) in [7, 11) is -1.35. The number of carbonyl (C=O) groups excluding carboxylic acids is 1. The minimum atomic E-state index is -4.53. The van der Waals surface area contributed by atoms with E-state index < -0.39 is 28.6 Å². The predicted octanol–water partition coefficient (Wildman–Crippen LogP) is 3.81. The average molecular weight is 437 g/mol. The molecule has 0 N–H and O–H groups in total. The van der Waals surface area contributed by atoms with Crippen LogP contribution in [0.2, 0.25) is 0 Å². The summed E-state index contributed by atoms with van der Waals surface area (Å²) in [6, 6.07) is 8.72. The van der Waals surface area contributed by atoms with E-state index in [-0.39, 0.29) is 35.1 Å². The van der Waals surface area contributed by atoms with Gasteiger partial charge >= 0.3 is 6.18 Å². The van der Waals surface area contributed by atoms with Crippen LogP contribution in [-0.4, -0.2) is 38.8 Å². The molecule has 0 spiro atoms. The summed E-state index contributed by atoms with van der Waals surface area (Å²) in [6.45, 7) is 3.41. The number of benzene rings is 1. The van der Waals surface area contributed by atoms with Gasteiger partial charge in [0.2, 0.25) is 0 Å². The fourth-order valence-corrected chi connectivity index (χ4v) is 5.15. The van der Waals surface area contributed by atoms with E-state index in [1.807, 2.05) is 31.2 Å². The molecular weight excluding hydrogens is 415 g/mol. The zero-order chi connectivity index (χ0) is 21.6. The van der Waals surface area contributed by atoms with E-state index in [4.69, 9.17) is 0 Å². The third-order valence-electron chi connectivity index (χ3n) is 5.28. The Hall–Kier alpha value is -2.42.